The molecule has 24 heavy (non-hydrogen) atoms. The Labute approximate surface area is 141 Å². The van der Waals surface area contributed by atoms with Crippen LogP contribution < -0.4 is 0 Å². The SMILES string of the molecule is O=C(O)CCC1=Cn2c3c(c4ccccc42)CCN2CCC[C@H]1[C@H]32. The normalized spacial score (nSPS) is 25.4. The van der Waals surface area contributed by atoms with Gasteiger partial charge in [-0.1, -0.05) is 18.2 Å². The Balaban J connectivity index is 1.72. The Morgan fingerprint density at radius 3 is 3.00 bits per heavy atom. The fraction of sp³-hybridized carbons (Fsp3) is 0.450. The first-order valence-electron chi connectivity index (χ1n) is 9.02. The molecule has 1 saturated heterocycles. The Morgan fingerprint density at radius 2 is 2.12 bits per heavy atom. The number of rotatable bonds is 3. The molecule has 1 aromatic heterocycles. The van der Waals surface area contributed by atoms with E-state index in [0.717, 1.165) is 13.0 Å². The van der Waals surface area contributed by atoms with Crippen molar-refractivity contribution in [3.05, 3.63) is 41.1 Å². The first-order chi connectivity index (χ1) is 11.7. The van der Waals surface area contributed by atoms with E-state index in [1.165, 1.54) is 47.1 Å². The molecule has 1 aromatic carbocycles. The molecule has 0 spiro atoms. The summed E-state index contributed by atoms with van der Waals surface area (Å²) < 4.78 is 2.38. The molecule has 5 rings (SSSR count). The lowest BCUT2D eigenvalue weighted by Gasteiger charge is -2.47. The largest absolute Gasteiger partial charge is 0.481 e. The number of piperidine rings is 1. The van der Waals surface area contributed by atoms with Gasteiger partial charge in [-0.05, 0) is 49.4 Å². The van der Waals surface area contributed by atoms with Gasteiger partial charge in [0.05, 0.1) is 11.6 Å². The summed E-state index contributed by atoms with van der Waals surface area (Å²) in [5.41, 5.74) is 5.61. The highest BCUT2D eigenvalue weighted by Gasteiger charge is 2.43. The molecule has 0 radical (unpaired) electrons. The second-order valence-corrected chi connectivity index (χ2v) is 7.33. The van der Waals surface area contributed by atoms with Crippen molar-refractivity contribution in [1.82, 2.24) is 9.47 Å². The molecular formula is C20H22N2O2. The van der Waals surface area contributed by atoms with Crippen molar-refractivity contribution < 1.29 is 9.90 Å². The fourth-order valence-electron chi connectivity index (χ4n) is 5.16. The predicted molar refractivity (Wildman–Crippen MR) is 93.8 cm³/mol. The lowest BCUT2D eigenvalue weighted by Crippen LogP contribution is -2.45. The molecule has 4 heterocycles. The number of aliphatic carboxylic acids is 1. The third-order valence-electron chi connectivity index (χ3n) is 6.12. The summed E-state index contributed by atoms with van der Waals surface area (Å²) in [7, 11) is 0. The van der Waals surface area contributed by atoms with Crippen LogP contribution in [-0.2, 0) is 11.2 Å². The summed E-state index contributed by atoms with van der Waals surface area (Å²) in [6.07, 6.45) is 6.71. The molecule has 2 atom stereocenters. The average molecular weight is 322 g/mol. The van der Waals surface area contributed by atoms with Gasteiger partial charge in [-0.2, -0.15) is 0 Å². The zero-order valence-electron chi connectivity index (χ0n) is 13.7. The smallest absolute Gasteiger partial charge is 0.303 e. The van der Waals surface area contributed by atoms with Gasteiger partial charge >= 0.3 is 5.97 Å². The average Bonchev–Trinajstić information content (AvgIpc) is 2.93. The molecule has 0 amide bonds. The molecule has 3 aliphatic rings. The number of carboxylic acid groups (broad SMARTS) is 1. The van der Waals surface area contributed by atoms with Crippen molar-refractivity contribution in [1.29, 1.82) is 0 Å². The minimum absolute atomic E-state index is 0.233. The minimum Gasteiger partial charge on any atom is -0.481 e. The van der Waals surface area contributed by atoms with Gasteiger partial charge in [0.15, 0.2) is 0 Å². The number of fused-ring (bicyclic) bond motifs is 3. The van der Waals surface area contributed by atoms with Crippen LogP contribution in [-0.4, -0.2) is 33.6 Å². The Hall–Kier alpha value is -2.07. The van der Waals surface area contributed by atoms with Gasteiger partial charge in [0.1, 0.15) is 0 Å². The molecular weight excluding hydrogens is 300 g/mol. The first-order valence-corrected chi connectivity index (χ1v) is 9.02. The van der Waals surface area contributed by atoms with Gasteiger partial charge in [-0.25, -0.2) is 0 Å². The Bertz CT molecular complexity index is 864. The Morgan fingerprint density at radius 1 is 1.25 bits per heavy atom. The number of aromatic nitrogens is 1. The van der Waals surface area contributed by atoms with E-state index >= 15 is 0 Å². The highest BCUT2D eigenvalue weighted by atomic mass is 16.4. The van der Waals surface area contributed by atoms with Gasteiger partial charge in [0.2, 0.25) is 0 Å². The first kappa shape index (κ1) is 14.3. The van der Waals surface area contributed by atoms with Crippen LogP contribution in [0, 0.1) is 5.92 Å². The minimum atomic E-state index is -0.698. The lowest BCUT2D eigenvalue weighted by atomic mass is 9.76. The van der Waals surface area contributed by atoms with E-state index in [1.807, 2.05) is 0 Å². The Kier molecular flexibility index (Phi) is 3.10. The molecule has 4 heteroatoms. The maximum atomic E-state index is 11.1. The topological polar surface area (TPSA) is 45.5 Å². The number of nitrogens with zero attached hydrogens (tertiary/aromatic N) is 2. The van der Waals surface area contributed by atoms with Gasteiger partial charge < -0.3 is 9.67 Å². The number of carbonyl (C=O) groups is 1. The second-order valence-electron chi connectivity index (χ2n) is 7.33. The molecule has 0 bridgehead atoms. The van der Waals surface area contributed by atoms with Crippen LogP contribution in [0.15, 0.2) is 29.8 Å². The van der Waals surface area contributed by atoms with E-state index in [9.17, 15) is 4.79 Å². The second kappa shape index (κ2) is 5.21. The van der Waals surface area contributed by atoms with Crippen molar-refractivity contribution in [2.75, 3.05) is 13.1 Å². The zero-order valence-corrected chi connectivity index (χ0v) is 13.7. The van der Waals surface area contributed by atoms with E-state index in [1.54, 1.807) is 0 Å². The van der Waals surface area contributed by atoms with Crippen molar-refractivity contribution in [3.63, 3.8) is 0 Å². The maximum Gasteiger partial charge on any atom is 0.303 e. The van der Waals surface area contributed by atoms with Gasteiger partial charge in [-0.15, -0.1) is 0 Å². The third kappa shape index (κ3) is 1.92. The molecule has 0 saturated carbocycles. The molecule has 2 aromatic rings. The van der Waals surface area contributed by atoms with E-state index in [0.29, 0.717) is 18.4 Å². The number of para-hydroxylation sites is 1. The van der Waals surface area contributed by atoms with Crippen LogP contribution in [0.2, 0.25) is 0 Å². The van der Waals surface area contributed by atoms with Crippen LogP contribution in [0.4, 0.5) is 0 Å². The third-order valence-corrected chi connectivity index (χ3v) is 6.12. The molecule has 4 nitrogen and oxygen atoms in total. The van der Waals surface area contributed by atoms with Crippen molar-refractivity contribution in [3.8, 4) is 0 Å². The summed E-state index contributed by atoms with van der Waals surface area (Å²) in [6.45, 7) is 2.31. The van der Waals surface area contributed by atoms with E-state index < -0.39 is 5.97 Å². The highest BCUT2D eigenvalue weighted by molar-refractivity contribution is 5.88. The lowest BCUT2D eigenvalue weighted by molar-refractivity contribution is -0.137. The van der Waals surface area contributed by atoms with Crippen LogP contribution in [0.3, 0.4) is 0 Å². The zero-order chi connectivity index (χ0) is 16.3. The number of hydrogen-bond donors (Lipinski definition) is 1. The summed E-state index contributed by atoms with van der Waals surface area (Å²) in [5, 5.41) is 10.5. The summed E-state index contributed by atoms with van der Waals surface area (Å²) >= 11 is 0. The molecule has 1 N–H and O–H groups in total. The predicted octanol–water partition coefficient (Wildman–Crippen LogP) is 3.67. The summed E-state index contributed by atoms with van der Waals surface area (Å²) in [6, 6.07) is 9.13. The van der Waals surface area contributed by atoms with Crippen LogP contribution in [0.1, 0.15) is 43.0 Å². The van der Waals surface area contributed by atoms with Gasteiger partial charge in [-0.3, -0.25) is 9.69 Å². The van der Waals surface area contributed by atoms with Crippen molar-refractivity contribution in [2.24, 2.45) is 5.92 Å². The van der Waals surface area contributed by atoms with Gasteiger partial charge in [0.25, 0.3) is 0 Å². The molecule has 3 aliphatic heterocycles. The molecule has 0 aliphatic carbocycles. The number of benzene rings is 1. The van der Waals surface area contributed by atoms with Crippen molar-refractivity contribution in [2.45, 2.75) is 38.1 Å². The van der Waals surface area contributed by atoms with Crippen LogP contribution >= 0.6 is 0 Å². The van der Waals surface area contributed by atoms with Gasteiger partial charge in [0, 0.05) is 36.2 Å². The fourth-order valence-corrected chi connectivity index (χ4v) is 5.16. The quantitative estimate of drug-likeness (QED) is 0.938. The number of hydrogen-bond acceptors (Lipinski definition) is 2. The monoisotopic (exact) mass is 322 g/mol. The highest BCUT2D eigenvalue weighted by Crippen LogP contribution is 2.50. The van der Waals surface area contributed by atoms with E-state index in [4.69, 9.17) is 5.11 Å². The van der Waals surface area contributed by atoms with E-state index in [-0.39, 0.29) is 6.42 Å². The number of carboxylic acids is 1. The van der Waals surface area contributed by atoms with Crippen LogP contribution in [0.25, 0.3) is 17.1 Å². The summed E-state index contributed by atoms with van der Waals surface area (Å²) in [4.78, 5) is 13.7. The summed E-state index contributed by atoms with van der Waals surface area (Å²) in [5.74, 6) is -0.204. The molecule has 0 unspecified atom stereocenters. The molecule has 1 fully saturated rings. The standard InChI is InChI=1S/C20H22N2O2/c23-18(24)8-7-13-12-22-17-6-2-1-4-15(17)16-9-11-21-10-3-5-14(13)19(21)20(16)22/h1-2,4,6,12,14,19H,3,5,7-11H2,(H,23,24)/t14-,19-/m1/s1. The maximum absolute atomic E-state index is 11.1. The van der Waals surface area contributed by atoms with Crippen molar-refractivity contribution >= 4 is 23.1 Å². The van der Waals surface area contributed by atoms with Crippen LogP contribution in [0.5, 0.6) is 0 Å². The van der Waals surface area contributed by atoms with E-state index in [2.05, 4.69) is 39.9 Å². The molecule has 124 valence electrons.